The van der Waals surface area contributed by atoms with E-state index in [-0.39, 0.29) is 17.4 Å². The summed E-state index contributed by atoms with van der Waals surface area (Å²) in [6.45, 7) is 7.05. The van der Waals surface area contributed by atoms with Crippen LogP contribution in [0.3, 0.4) is 0 Å². The summed E-state index contributed by atoms with van der Waals surface area (Å²) in [5, 5.41) is 1.65. The van der Waals surface area contributed by atoms with Crippen molar-refractivity contribution < 1.29 is 0 Å². The van der Waals surface area contributed by atoms with E-state index in [0.717, 1.165) is 0 Å². The fourth-order valence-electron chi connectivity index (χ4n) is 1.20. The average Bonchev–Trinajstić information content (AvgIpc) is 1.93. The maximum atomic E-state index is 2.45. The lowest BCUT2D eigenvalue weighted by atomic mass is 10.2. The number of rotatable bonds is 2. The molecule has 0 N–H and O–H groups in total. The van der Waals surface area contributed by atoms with Crippen LogP contribution in [0.1, 0.15) is 5.56 Å². The van der Waals surface area contributed by atoms with Crippen LogP contribution in [0.15, 0.2) is 24.3 Å². The first-order valence-corrected chi connectivity index (χ1v) is 10.5. The van der Waals surface area contributed by atoms with Gasteiger partial charge in [0, 0.05) is 17.4 Å². The lowest BCUT2D eigenvalue weighted by Gasteiger charge is -2.02. The fourth-order valence-corrected chi connectivity index (χ4v) is 6.29. The molecule has 0 saturated heterocycles. The van der Waals surface area contributed by atoms with Crippen molar-refractivity contribution in [2.75, 3.05) is 0 Å². The Hall–Kier alpha value is -0.346. The van der Waals surface area contributed by atoms with E-state index >= 15 is 0 Å². The summed E-state index contributed by atoms with van der Waals surface area (Å²) in [6, 6.07) is 9.10. The van der Waals surface area contributed by atoms with Gasteiger partial charge in [-0.25, -0.2) is 0 Å². The largest absolute Gasteiger partial charge is 0.0742 e. The zero-order valence-corrected chi connectivity index (χ0v) is 10.2. The van der Waals surface area contributed by atoms with Gasteiger partial charge >= 0.3 is 0 Å². The van der Waals surface area contributed by atoms with Crippen molar-refractivity contribution in [1.29, 1.82) is 0 Å². The van der Waals surface area contributed by atoms with Gasteiger partial charge in [-0.3, -0.25) is 0 Å². The number of hydrogen-bond acceptors (Lipinski definition) is 0. The van der Waals surface area contributed by atoms with Crippen LogP contribution in [0.5, 0.6) is 0 Å². The second-order valence-corrected chi connectivity index (χ2v) is 13.7. The molecule has 0 unspecified atom stereocenters. The van der Waals surface area contributed by atoms with Crippen molar-refractivity contribution in [2.45, 2.75) is 20.0 Å². The first kappa shape index (κ1) is 8.75. The Morgan fingerprint density at radius 2 is 1.64 bits per heavy atom. The SMILES string of the molecule is Cc1ccc([SiH2][SiH](C)C)cc1. The van der Waals surface area contributed by atoms with Crippen molar-refractivity contribution in [3.8, 4) is 0 Å². The Morgan fingerprint density at radius 3 is 2.09 bits per heavy atom. The highest BCUT2D eigenvalue weighted by atomic mass is 29.2. The molecule has 0 atom stereocenters. The molecule has 0 aliphatic rings. The number of aryl methyl sites for hydroxylation is 1. The molecule has 1 aromatic rings. The maximum Gasteiger partial charge on any atom is 0.0455 e. The van der Waals surface area contributed by atoms with Crippen LogP contribution >= 0.6 is 0 Å². The lowest BCUT2D eigenvalue weighted by Crippen LogP contribution is -2.26. The van der Waals surface area contributed by atoms with E-state index in [1.54, 1.807) is 5.19 Å². The van der Waals surface area contributed by atoms with Gasteiger partial charge in [0.1, 0.15) is 0 Å². The Labute approximate surface area is 72.9 Å². The predicted octanol–water partition coefficient (Wildman–Crippen LogP) is 0.773. The molecule has 1 aromatic carbocycles. The molecule has 60 valence electrons. The smallest absolute Gasteiger partial charge is 0.0455 e. The van der Waals surface area contributed by atoms with Crippen LogP contribution < -0.4 is 5.19 Å². The highest BCUT2D eigenvalue weighted by Gasteiger charge is 1.98. The van der Waals surface area contributed by atoms with Gasteiger partial charge in [-0.05, 0) is 6.92 Å². The van der Waals surface area contributed by atoms with Crippen molar-refractivity contribution in [3.05, 3.63) is 29.8 Å². The van der Waals surface area contributed by atoms with Crippen molar-refractivity contribution in [1.82, 2.24) is 0 Å². The monoisotopic (exact) mass is 180 g/mol. The molecular weight excluding hydrogens is 164 g/mol. The predicted molar refractivity (Wildman–Crippen MR) is 58.2 cm³/mol. The second kappa shape index (κ2) is 3.88. The maximum absolute atomic E-state index is 2.45. The fraction of sp³-hybridized carbons (Fsp3) is 0.333. The van der Waals surface area contributed by atoms with Gasteiger partial charge in [-0.2, -0.15) is 0 Å². The molecule has 0 fully saturated rings. The third-order valence-corrected chi connectivity index (χ3v) is 7.39. The highest BCUT2D eigenvalue weighted by molar-refractivity contribution is 7.16. The average molecular weight is 180 g/mol. The van der Waals surface area contributed by atoms with Gasteiger partial charge in [-0.15, -0.1) is 0 Å². The Bertz CT molecular complexity index is 214. The molecule has 0 aromatic heterocycles. The lowest BCUT2D eigenvalue weighted by molar-refractivity contribution is 1.49. The molecule has 11 heavy (non-hydrogen) atoms. The topological polar surface area (TPSA) is 0 Å². The summed E-state index contributed by atoms with van der Waals surface area (Å²) in [4.78, 5) is 0. The van der Waals surface area contributed by atoms with Crippen LogP contribution in [0.2, 0.25) is 13.1 Å². The first-order valence-electron chi connectivity index (χ1n) is 4.24. The number of hydrogen-bond donors (Lipinski definition) is 0. The van der Waals surface area contributed by atoms with Crippen LogP contribution in [0.25, 0.3) is 0 Å². The van der Waals surface area contributed by atoms with E-state index in [4.69, 9.17) is 0 Å². The molecule has 0 bridgehead atoms. The molecule has 2 heteroatoms. The summed E-state index contributed by atoms with van der Waals surface area (Å²) in [5.41, 5.74) is 1.38. The van der Waals surface area contributed by atoms with Gasteiger partial charge in [0.25, 0.3) is 0 Å². The molecule has 0 spiro atoms. The molecule has 0 nitrogen and oxygen atoms in total. The zero-order valence-electron chi connectivity index (χ0n) is 7.59. The van der Waals surface area contributed by atoms with Gasteiger partial charge in [0.2, 0.25) is 0 Å². The third kappa shape index (κ3) is 3.03. The summed E-state index contributed by atoms with van der Waals surface area (Å²) in [5.74, 6) is 0. The van der Waals surface area contributed by atoms with Gasteiger partial charge in [0.15, 0.2) is 0 Å². The van der Waals surface area contributed by atoms with Crippen molar-refractivity contribution in [2.24, 2.45) is 0 Å². The normalized spacial score (nSPS) is 11.6. The third-order valence-electron chi connectivity index (χ3n) is 1.76. The Balaban J connectivity index is 2.66. The van der Waals surface area contributed by atoms with E-state index < -0.39 is 0 Å². The molecule has 0 amide bonds. The van der Waals surface area contributed by atoms with Crippen LogP contribution in [0.4, 0.5) is 0 Å². The van der Waals surface area contributed by atoms with Gasteiger partial charge in [0.05, 0.1) is 0 Å². The molecular formula is C9H16Si2. The van der Waals surface area contributed by atoms with Crippen molar-refractivity contribution in [3.63, 3.8) is 0 Å². The standard InChI is InChI=1S/C9H16Si2/c1-8-4-6-9(7-5-8)10-11(2)3/h4-7,11H,10H2,1-3H3. The second-order valence-electron chi connectivity index (χ2n) is 3.58. The van der Waals surface area contributed by atoms with Gasteiger partial charge < -0.3 is 0 Å². The van der Waals surface area contributed by atoms with Crippen LogP contribution in [-0.2, 0) is 0 Å². The van der Waals surface area contributed by atoms with Gasteiger partial charge in [-0.1, -0.05) is 48.1 Å². The Morgan fingerprint density at radius 1 is 1.09 bits per heavy atom. The summed E-state index contributed by atoms with van der Waals surface area (Å²) in [7, 11) is -0.128. The Kier molecular flexibility index (Phi) is 3.08. The minimum atomic E-state index is -0.274. The van der Waals surface area contributed by atoms with E-state index in [1.807, 2.05) is 0 Å². The summed E-state index contributed by atoms with van der Waals surface area (Å²) < 4.78 is 0. The molecule has 0 aliphatic carbocycles. The quantitative estimate of drug-likeness (QED) is 0.590. The number of benzene rings is 1. The molecule has 1 rings (SSSR count). The first-order chi connectivity index (χ1) is 5.18. The molecule has 0 aliphatic heterocycles. The van der Waals surface area contributed by atoms with E-state index in [0.29, 0.717) is 0 Å². The van der Waals surface area contributed by atoms with Crippen LogP contribution in [-0.4, -0.2) is 17.4 Å². The highest BCUT2D eigenvalue weighted by Crippen LogP contribution is 1.92. The molecule has 0 saturated carbocycles. The van der Waals surface area contributed by atoms with Crippen molar-refractivity contribution >= 4 is 22.5 Å². The molecule has 0 radical (unpaired) electrons. The van der Waals surface area contributed by atoms with Crippen LogP contribution in [0, 0.1) is 6.92 Å². The van der Waals surface area contributed by atoms with E-state index in [1.165, 1.54) is 5.56 Å². The molecule has 0 heterocycles. The minimum Gasteiger partial charge on any atom is -0.0742 e. The zero-order chi connectivity index (χ0) is 8.27. The minimum absolute atomic E-state index is 0.146. The van der Waals surface area contributed by atoms with E-state index in [2.05, 4.69) is 44.3 Å². The van der Waals surface area contributed by atoms with E-state index in [9.17, 15) is 0 Å². The summed E-state index contributed by atoms with van der Waals surface area (Å²) >= 11 is 0. The summed E-state index contributed by atoms with van der Waals surface area (Å²) in [6.07, 6.45) is 0.